The molecule has 76 valence electrons. The van der Waals surface area contributed by atoms with Crippen LogP contribution in [0.2, 0.25) is 0 Å². The summed E-state index contributed by atoms with van der Waals surface area (Å²) < 4.78 is 0. The van der Waals surface area contributed by atoms with E-state index in [1.165, 1.54) is 45.6 Å². The Morgan fingerprint density at radius 3 is 2.62 bits per heavy atom. The van der Waals surface area contributed by atoms with Gasteiger partial charge in [0, 0.05) is 25.7 Å². The summed E-state index contributed by atoms with van der Waals surface area (Å²) in [6, 6.07) is 0.724. The van der Waals surface area contributed by atoms with Crippen LogP contribution in [-0.4, -0.2) is 42.1 Å². The Morgan fingerprint density at radius 1 is 1.23 bits per heavy atom. The van der Waals surface area contributed by atoms with E-state index >= 15 is 0 Å². The lowest BCUT2D eigenvalue weighted by Gasteiger charge is -2.38. The molecule has 0 radical (unpaired) electrons. The van der Waals surface area contributed by atoms with Crippen molar-refractivity contribution in [2.45, 2.75) is 39.2 Å². The molecule has 0 aromatic heterocycles. The lowest BCUT2D eigenvalue weighted by Crippen LogP contribution is -2.48. The van der Waals surface area contributed by atoms with Crippen LogP contribution in [0.4, 0.5) is 0 Å². The number of hydrogen-bond acceptors (Lipinski definition) is 2. The van der Waals surface area contributed by atoms with E-state index in [4.69, 9.17) is 0 Å². The Kier molecular flexibility index (Phi) is 2.89. The Balaban J connectivity index is 1.77. The molecule has 0 atom stereocenters. The summed E-state index contributed by atoms with van der Waals surface area (Å²) in [7, 11) is 0. The fourth-order valence-electron chi connectivity index (χ4n) is 2.13. The van der Waals surface area contributed by atoms with E-state index in [2.05, 4.69) is 23.6 Å². The Labute approximate surface area is 81.9 Å². The van der Waals surface area contributed by atoms with Crippen LogP contribution in [-0.2, 0) is 0 Å². The van der Waals surface area contributed by atoms with Crippen molar-refractivity contribution in [3.05, 3.63) is 0 Å². The van der Waals surface area contributed by atoms with Crippen LogP contribution in [0.15, 0.2) is 0 Å². The molecular formula is C11H22N2. The molecule has 2 nitrogen and oxygen atoms in total. The third-order valence-electron chi connectivity index (χ3n) is 3.24. The Hall–Kier alpha value is -0.0800. The van der Waals surface area contributed by atoms with Gasteiger partial charge < -0.3 is 0 Å². The van der Waals surface area contributed by atoms with Crippen molar-refractivity contribution in [1.29, 1.82) is 0 Å². The first kappa shape index (κ1) is 9.47. The van der Waals surface area contributed by atoms with Gasteiger partial charge in [-0.25, -0.2) is 0 Å². The molecule has 1 aliphatic heterocycles. The average molecular weight is 182 g/mol. The van der Waals surface area contributed by atoms with Crippen molar-refractivity contribution in [2.75, 3.05) is 26.3 Å². The molecule has 0 spiro atoms. The van der Waals surface area contributed by atoms with Gasteiger partial charge in [-0.1, -0.05) is 0 Å². The van der Waals surface area contributed by atoms with Gasteiger partial charge in [-0.15, -0.1) is 0 Å². The van der Waals surface area contributed by atoms with E-state index in [1.54, 1.807) is 0 Å². The Bertz CT molecular complexity index is 163. The Morgan fingerprint density at radius 2 is 2.00 bits per heavy atom. The highest BCUT2D eigenvalue weighted by atomic mass is 15.3. The molecule has 2 aliphatic rings. The largest absolute Gasteiger partial charge is 0.290 e. The fourth-order valence-corrected chi connectivity index (χ4v) is 2.13. The molecule has 0 amide bonds. The summed E-state index contributed by atoms with van der Waals surface area (Å²) >= 11 is 0. The third kappa shape index (κ3) is 2.68. The van der Waals surface area contributed by atoms with Crippen molar-refractivity contribution >= 4 is 0 Å². The van der Waals surface area contributed by atoms with Gasteiger partial charge in [0.1, 0.15) is 0 Å². The molecular weight excluding hydrogens is 160 g/mol. The second kappa shape index (κ2) is 3.97. The summed E-state index contributed by atoms with van der Waals surface area (Å²) in [4.78, 5) is 5.23. The van der Waals surface area contributed by atoms with E-state index in [1.807, 2.05) is 0 Å². The van der Waals surface area contributed by atoms with Crippen LogP contribution < -0.4 is 0 Å². The number of rotatable bonds is 3. The van der Waals surface area contributed by atoms with Crippen LogP contribution in [0.5, 0.6) is 0 Å². The van der Waals surface area contributed by atoms with Gasteiger partial charge in [-0.2, -0.15) is 0 Å². The van der Waals surface area contributed by atoms with E-state index in [0.29, 0.717) is 0 Å². The van der Waals surface area contributed by atoms with Crippen LogP contribution in [0.3, 0.4) is 0 Å². The molecule has 1 aliphatic carbocycles. The molecule has 0 aromatic rings. The lowest BCUT2D eigenvalue weighted by molar-refractivity contribution is 0.0599. The molecule has 1 heterocycles. The molecule has 13 heavy (non-hydrogen) atoms. The summed E-state index contributed by atoms with van der Waals surface area (Å²) in [6.45, 7) is 9.83. The summed E-state index contributed by atoms with van der Waals surface area (Å²) in [5, 5.41) is 0. The SMILES string of the molecule is CC(C)N1CCCN(CC2CC2)C1. The molecule has 2 rings (SSSR count). The maximum atomic E-state index is 2.64. The van der Waals surface area contributed by atoms with Crippen LogP contribution >= 0.6 is 0 Å². The van der Waals surface area contributed by atoms with Crippen molar-refractivity contribution in [3.8, 4) is 0 Å². The van der Waals surface area contributed by atoms with Gasteiger partial charge in [-0.3, -0.25) is 9.80 Å². The highest BCUT2D eigenvalue weighted by molar-refractivity contribution is 4.79. The zero-order valence-corrected chi connectivity index (χ0v) is 9.00. The first-order valence-corrected chi connectivity index (χ1v) is 5.72. The smallest absolute Gasteiger partial charge is 0.0508 e. The quantitative estimate of drug-likeness (QED) is 0.656. The predicted molar refractivity (Wildman–Crippen MR) is 55.6 cm³/mol. The van der Waals surface area contributed by atoms with E-state index in [0.717, 1.165) is 12.0 Å². The second-order valence-corrected chi connectivity index (χ2v) is 4.92. The van der Waals surface area contributed by atoms with Crippen molar-refractivity contribution in [3.63, 3.8) is 0 Å². The van der Waals surface area contributed by atoms with Crippen molar-refractivity contribution in [2.24, 2.45) is 5.92 Å². The van der Waals surface area contributed by atoms with Gasteiger partial charge in [0.25, 0.3) is 0 Å². The zero-order chi connectivity index (χ0) is 9.26. The average Bonchev–Trinajstić information content (AvgIpc) is 2.89. The summed E-state index contributed by atoms with van der Waals surface area (Å²) in [5.41, 5.74) is 0. The standard InChI is InChI=1S/C11H22N2/c1-10(2)13-7-3-6-12(9-13)8-11-4-5-11/h10-11H,3-9H2,1-2H3. The van der Waals surface area contributed by atoms with Crippen LogP contribution in [0.25, 0.3) is 0 Å². The molecule has 0 bridgehead atoms. The predicted octanol–water partition coefficient (Wildman–Crippen LogP) is 1.77. The third-order valence-corrected chi connectivity index (χ3v) is 3.24. The van der Waals surface area contributed by atoms with E-state index in [-0.39, 0.29) is 0 Å². The van der Waals surface area contributed by atoms with Gasteiger partial charge in [0.2, 0.25) is 0 Å². The second-order valence-electron chi connectivity index (χ2n) is 4.92. The molecule has 2 heteroatoms. The van der Waals surface area contributed by atoms with Gasteiger partial charge in [0.15, 0.2) is 0 Å². The molecule has 1 saturated carbocycles. The minimum absolute atomic E-state index is 0.724. The first-order valence-electron chi connectivity index (χ1n) is 5.72. The molecule has 0 N–H and O–H groups in total. The lowest BCUT2D eigenvalue weighted by atomic mass is 10.2. The van der Waals surface area contributed by atoms with E-state index in [9.17, 15) is 0 Å². The normalized spacial score (nSPS) is 27.0. The number of hydrogen-bond donors (Lipinski definition) is 0. The molecule has 2 fully saturated rings. The first-order chi connectivity index (χ1) is 6.25. The topological polar surface area (TPSA) is 6.48 Å². The highest BCUT2D eigenvalue weighted by Gasteiger charge is 2.27. The van der Waals surface area contributed by atoms with Crippen molar-refractivity contribution in [1.82, 2.24) is 9.80 Å². The van der Waals surface area contributed by atoms with Gasteiger partial charge in [0.05, 0.1) is 6.67 Å². The summed E-state index contributed by atoms with van der Waals surface area (Å²) in [5.74, 6) is 1.05. The maximum Gasteiger partial charge on any atom is 0.0508 e. The number of nitrogens with zero attached hydrogens (tertiary/aromatic N) is 2. The zero-order valence-electron chi connectivity index (χ0n) is 9.00. The molecule has 0 unspecified atom stereocenters. The van der Waals surface area contributed by atoms with Gasteiger partial charge >= 0.3 is 0 Å². The van der Waals surface area contributed by atoms with E-state index < -0.39 is 0 Å². The summed E-state index contributed by atoms with van der Waals surface area (Å²) in [6.07, 6.45) is 4.33. The van der Waals surface area contributed by atoms with Crippen LogP contribution in [0, 0.1) is 5.92 Å². The monoisotopic (exact) mass is 182 g/mol. The fraction of sp³-hybridized carbons (Fsp3) is 1.00. The minimum Gasteiger partial charge on any atom is -0.290 e. The van der Waals surface area contributed by atoms with Crippen molar-refractivity contribution < 1.29 is 0 Å². The van der Waals surface area contributed by atoms with Crippen LogP contribution in [0.1, 0.15) is 33.1 Å². The maximum absolute atomic E-state index is 2.64. The van der Waals surface area contributed by atoms with Gasteiger partial charge in [-0.05, 0) is 39.0 Å². The highest BCUT2D eigenvalue weighted by Crippen LogP contribution is 2.30. The molecule has 1 saturated heterocycles. The molecule has 0 aromatic carbocycles. The minimum atomic E-state index is 0.724.